The van der Waals surface area contributed by atoms with Crippen molar-refractivity contribution < 1.29 is 14.2 Å². The third-order valence-corrected chi connectivity index (χ3v) is 3.32. The van der Waals surface area contributed by atoms with E-state index in [-0.39, 0.29) is 12.4 Å². The van der Waals surface area contributed by atoms with Gasteiger partial charge in [-0.1, -0.05) is 19.3 Å². The Morgan fingerprint density at radius 3 is 2.65 bits per heavy atom. The average Bonchev–Trinajstić information content (AvgIpc) is 2.37. The molecule has 0 aromatic heterocycles. The number of ether oxygens (including phenoxy) is 1. The average molecular weight is 238 g/mol. The van der Waals surface area contributed by atoms with E-state index >= 15 is 0 Å². The molecule has 1 N–H and O–H groups in total. The molecule has 2 nitrogen and oxygen atoms in total. The van der Waals surface area contributed by atoms with Gasteiger partial charge in [0.2, 0.25) is 0 Å². The Morgan fingerprint density at radius 2 is 1.94 bits per heavy atom. The molecule has 0 radical (unpaired) electrons. The van der Waals surface area contributed by atoms with Crippen LogP contribution in [0, 0.1) is 11.7 Å². The topological polar surface area (TPSA) is 29.5 Å². The smallest absolute Gasteiger partial charge is 0.127 e. The highest BCUT2D eigenvalue weighted by Gasteiger charge is 2.14. The number of aliphatic hydroxyl groups is 1. The zero-order valence-electron chi connectivity index (χ0n) is 9.99. The molecule has 2 rings (SSSR count). The first kappa shape index (κ1) is 12.4. The fourth-order valence-corrected chi connectivity index (χ4v) is 2.36. The van der Waals surface area contributed by atoms with Crippen LogP contribution < -0.4 is 4.74 Å². The van der Waals surface area contributed by atoms with Crippen molar-refractivity contribution in [1.29, 1.82) is 0 Å². The molecule has 0 atom stereocenters. The summed E-state index contributed by atoms with van der Waals surface area (Å²) < 4.78 is 18.8. The lowest BCUT2D eigenvalue weighted by atomic mass is 9.90. The van der Waals surface area contributed by atoms with Crippen LogP contribution in [0.3, 0.4) is 0 Å². The molecular weight excluding hydrogens is 219 g/mol. The van der Waals surface area contributed by atoms with Gasteiger partial charge in [0.1, 0.15) is 11.6 Å². The number of aliphatic hydroxyl groups excluding tert-OH is 1. The Balaban J connectivity index is 1.91. The van der Waals surface area contributed by atoms with Crippen molar-refractivity contribution in [3.8, 4) is 5.75 Å². The fourth-order valence-electron chi connectivity index (χ4n) is 2.36. The van der Waals surface area contributed by atoms with Gasteiger partial charge in [-0.3, -0.25) is 0 Å². The van der Waals surface area contributed by atoms with Crippen LogP contribution in [0.25, 0.3) is 0 Å². The van der Waals surface area contributed by atoms with Gasteiger partial charge in [-0.05, 0) is 36.5 Å². The standard InChI is InChI=1S/C14H19FO2/c15-13-6-12(9-16)7-14(8-13)17-10-11-4-2-1-3-5-11/h6-8,11,16H,1-5,9-10H2. The lowest BCUT2D eigenvalue weighted by Crippen LogP contribution is -2.15. The predicted molar refractivity (Wildman–Crippen MR) is 64.4 cm³/mol. The van der Waals surface area contributed by atoms with E-state index < -0.39 is 0 Å². The van der Waals surface area contributed by atoms with E-state index in [0.29, 0.717) is 23.8 Å². The van der Waals surface area contributed by atoms with Gasteiger partial charge in [-0.25, -0.2) is 4.39 Å². The molecule has 0 aliphatic heterocycles. The van der Waals surface area contributed by atoms with Gasteiger partial charge in [0.25, 0.3) is 0 Å². The first-order valence-corrected chi connectivity index (χ1v) is 6.31. The first-order chi connectivity index (χ1) is 8.28. The summed E-state index contributed by atoms with van der Waals surface area (Å²) in [6, 6.07) is 4.40. The van der Waals surface area contributed by atoms with Gasteiger partial charge in [-0.2, -0.15) is 0 Å². The van der Waals surface area contributed by atoms with Crippen LogP contribution in [0.1, 0.15) is 37.7 Å². The van der Waals surface area contributed by atoms with Gasteiger partial charge in [-0.15, -0.1) is 0 Å². The van der Waals surface area contributed by atoms with E-state index in [9.17, 15) is 4.39 Å². The lowest BCUT2D eigenvalue weighted by Gasteiger charge is -2.21. The van der Waals surface area contributed by atoms with Crippen LogP contribution in [0.4, 0.5) is 4.39 Å². The second-order valence-electron chi connectivity index (χ2n) is 4.77. The van der Waals surface area contributed by atoms with Gasteiger partial charge < -0.3 is 9.84 Å². The summed E-state index contributed by atoms with van der Waals surface area (Å²) in [5, 5.41) is 8.98. The summed E-state index contributed by atoms with van der Waals surface area (Å²) in [6.45, 7) is 0.506. The third-order valence-electron chi connectivity index (χ3n) is 3.32. The summed E-state index contributed by atoms with van der Waals surface area (Å²) in [5.41, 5.74) is 0.559. The van der Waals surface area contributed by atoms with Crippen LogP contribution >= 0.6 is 0 Å². The maximum Gasteiger partial charge on any atom is 0.127 e. The minimum atomic E-state index is -0.352. The van der Waals surface area contributed by atoms with E-state index in [0.717, 1.165) is 0 Å². The molecule has 1 aromatic rings. The molecule has 3 heteroatoms. The van der Waals surface area contributed by atoms with Crippen molar-refractivity contribution in [2.24, 2.45) is 5.92 Å². The molecule has 94 valence electrons. The van der Waals surface area contributed by atoms with Crippen LogP contribution in [0.15, 0.2) is 18.2 Å². The maximum absolute atomic E-state index is 13.2. The fraction of sp³-hybridized carbons (Fsp3) is 0.571. The molecule has 1 saturated carbocycles. The molecule has 0 unspecified atom stereocenters. The molecule has 0 amide bonds. The Kier molecular flexibility index (Phi) is 4.37. The maximum atomic E-state index is 13.2. The SMILES string of the molecule is OCc1cc(F)cc(OCC2CCCCC2)c1. The largest absolute Gasteiger partial charge is 0.493 e. The Bertz CT molecular complexity index is 359. The summed E-state index contributed by atoms with van der Waals surface area (Å²) in [4.78, 5) is 0. The highest BCUT2D eigenvalue weighted by molar-refractivity contribution is 5.29. The number of halogens is 1. The van der Waals surface area contributed by atoms with Crippen molar-refractivity contribution in [2.45, 2.75) is 38.7 Å². The monoisotopic (exact) mass is 238 g/mol. The second-order valence-corrected chi connectivity index (χ2v) is 4.77. The normalized spacial score (nSPS) is 17.1. The predicted octanol–water partition coefficient (Wildman–Crippen LogP) is 3.28. The minimum absolute atomic E-state index is 0.155. The van der Waals surface area contributed by atoms with Crippen molar-refractivity contribution >= 4 is 0 Å². The van der Waals surface area contributed by atoms with Gasteiger partial charge in [0, 0.05) is 6.07 Å². The zero-order valence-corrected chi connectivity index (χ0v) is 9.99. The van der Waals surface area contributed by atoms with Crippen LogP contribution in [-0.2, 0) is 6.61 Å². The second kappa shape index (κ2) is 6.01. The minimum Gasteiger partial charge on any atom is -0.493 e. The number of hydrogen-bond acceptors (Lipinski definition) is 2. The number of rotatable bonds is 4. The summed E-state index contributed by atoms with van der Waals surface area (Å²) in [7, 11) is 0. The molecule has 1 aliphatic carbocycles. The van der Waals surface area contributed by atoms with Crippen molar-refractivity contribution in [1.82, 2.24) is 0 Å². The van der Waals surface area contributed by atoms with E-state index in [1.807, 2.05) is 0 Å². The van der Waals surface area contributed by atoms with E-state index in [2.05, 4.69) is 0 Å². The number of benzene rings is 1. The van der Waals surface area contributed by atoms with Gasteiger partial charge >= 0.3 is 0 Å². The summed E-state index contributed by atoms with van der Waals surface area (Å²) >= 11 is 0. The van der Waals surface area contributed by atoms with Gasteiger partial charge in [0.05, 0.1) is 13.2 Å². The molecule has 1 fully saturated rings. The van der Waals surface area contributed by atoms with Crippen LogP contribution in [0.5, 0.6) is 5.75 Å². The molecule has 0 saturated heterocycles. The van der Waals surface area contributed by atoms with E-state index in [1.165, 1.54) is 44.2 Å². The van der Waals surface area contributed by atoms with E-state index in [4.69, 9.17) is 9.84 Å². The summed E-state index contributed by atoms with van der Waals surface area (Å²) in [5.74, 6) is 0.777. The summed E-state index contributed by atoms with van der Waals surface area (Å²) in [6.07, 6.45) is 6.30. The van der Waals surface area contributed by atoms with E-state index in [1.54, 1.807) is 6.07 Å². The number of hydrogen-bond donors (Lipinski definition) is 1. The Morgan fingerprint density at radius 1 is 1.18 bits per heavy atom. The van der Waals surface area contributed by atoms with Crippen LogP contribution in [0.2, 0.25) is 0 Å². The lowest BCUT2D eigenvalue weighted by molar-refractivity contribution is 0.207. The molecular formula is C14H19FO2. The highest BCUT2D eigenvalue weighted by Crippen LogP contribution is 2.25. The highest BCUT2D eigenvalue weighted by atomic mass is 19.1. The third kappa shape index (κ3) is 3.70. The quantitative estimate of drug-likeness (QED) is 0.872. The zero-order chi connectivity index (χ0) is 12.1. The van der Waals surface area contributed by atoms with Crippen molar-refractivity contribution in [3.63, 3.8) is 0 Å². The first-order valence-electron chi connectivity index (χ1n) is 6.31. The molecule has 1 aromatic carbocycles. The van der Waals surface area contributed by atoms with Crippen molar-refractivity contribution in [2.75, 3.05) is 6.61 Å². The molecule has 1 aliphatic rings. The Labute approximate surface area is 101 Å². The molecule has 17 heavy (non-hydrogen) atoms. The van der Waals surface area contributed by atoms with Gasteiger partial charge in [0.15, 0.2) is 0 Å². The Hall–Kier alpha value is -1.09. The molecule has 0 heterocycles. The molecule has 0 spiro atoms. The molecule has 0 bridgehead atoms. The van der Waals surface area contributed by atoms with Crippen LogP contribution in [-0.4, -0.2) is 11.7 Å². The van der Waals surface area contributed by atoms with Crippen molar-refractivity contribution in [3.05, 3.63) is 29.6 Å².